The zero-order chi connectivity index (χ0) is 11.8. The highest BCUT2D eigenvalue weighted by molar-refractivity contribution is 5.23. The summed E-state index contributed by atoms with van der Waals surface area (Å²) in [5.74, 6) is 0.105. The number of anilines is 1. The molecule has 0 unspecified atom stereocenters. The molecule has 0 amide bonds. The van der Waals surface area contributed by atoms with Gasteiger partial charge in [0.15, 0.2) is 5.67 Å². The SMILES string of the molecule is Nc1ccn([C@@H]2C[C@@](F)(CO)CO2)c(=O)n1. The van der Waals surface area contributed by atoms with E-state index in [0.717, 1.165) is 4.57 Å². The van der Waals surface area contributed by atoms with Crippen molar-refractivity contribution in [1.29, 1.82) is 0 Å². The zero-order valence-electron chi connectivity index (χ0n) is 8.47. The standard InChI is InChI=1S/C9H12FN3O3/c10-9(4-14)3-7(16-5-9)13-2-1-6(11)12-8(13)15/h1-2,7,14H,3-5H2,(H2,11,12,15)/t7-,9+/m0/s1. The maximum absolute atomic E-state index is 13.7. The lowest BCUT2D eigenvalue weighted by Crippen LogP contribution is -2.30. The largest absolute Gasteiger partial charge is 0.393 e. The molecule has 1 aliphatic rings. The van der Waals surface area contributed by atoms with Crippen molar-refractivity contribution in [2.75, 3.05) is 18.9 Å². The van der Waals surface area contributed by atoms with Crippen LogP contribution in [0.25, 0.3) is 0 Å². The minimum absolute atomic E-state index is 0.0744. The third-order valence-corrected chi connectivity index (χ3v) is 2.52. The second-order valence-electron chi connectivity index (χ2n) is 3.82. The predicted octanol–water partition coefficient (Wildman–Crippen LogP) is -0.555. The molecule has 2 heterocycles. The van der Waals surface area contributed by atoms with Gasteiger partial charge >= 0.3 is 5.69 Å². The number of ether oxygens (including phenoxy) is 1. The van der Waals surface area contributed by atoms with Crippen LogP contribution in [-0.2, 0) is 4.74 Å². The zero-order valence-corrected chi connectivity index (χ0v) is 8.47. The molecule has 1 aliphatic heterocycles. The Labute approximate surface area is 90.5 Å². The molecule has 0 radical (unpaired) electrons. The fourth-order valence-corrected chi connectivity index (χ4v) is 1.61. The number of nitrogens with zero attached hydrogens (tertiary/aromatic N) is 2. The van der Waals surface area contributed by atoms with E-state index >= 15 is 0 Å². The summed E-state index contributed by atoms with van der Waals surface area (Å²) in [6.45, 7) is -0.856. The van der Waals surface area contributed by atoms with Crippen molar-refractivity contribution in [2.45, 2.75) is 18.3 Å². The molecule has 88 valence electrons. The number of halogens is 1. The van der Waals surface area contributed by atoms with Crippen molar-refractivity contribution >= 4 is 5.82 Å². The number of aromatic nitrogens is 2. The Morgan fingerprint density at radius 1 is 1.81 bits per heavy atom. The van der Waals surface area contributed by atoms with Crippen LogP contribution in [0.1, 0.15) is 12.6 Å². The first-order valence-electron chi connectivity index (χ1n) is 4.80. The summed E-state index contributed by atoms with van der Waals surface area (Å²) in [5.41, 5.74) is 2.95. The number of rotatable bonds is 2. The van der Waals surface area contributed by atoms with Gasteiger partial charge in [0.25, 0.3) is 0 Å². The van der Waals surface area contributed by atoms with Crippen LogP contribution >= 0.6 is 0 Å². The molecule has 6 nitrogen and oxygen atoms in total. The average molecular weight is 229 g/mol. The molecule has 0 spiro atoms. The van der Waals surface area contributed by atoms with Crippen molar-refractivity contribution in [1.82, 2.24) is 9.55 Å². The summed E-state index contributed by atoms with van der Waals surface area (Å²) < 4.78 is 19.9. The summed E-state index contributed by atoms with van der Waals surface area (Å²) in [6.07, 6.45) is 0.589. The second kappa shape index (κ2) is 3.84. The molecule has 0 bridgehead atoms. The lowest BCUT2D eigenvalue weighted by Gasteiger charge is -2.14. The molecule has 2 atom stereocenters. The van der Waals surface area contributed by atoms with Crippen molar-refractivity contribution < 1.29 is 14.2 Å². The molecule has 2 rings (SSSR count). The Bertz CT molecular complexity index is 450. The molecule has 0 aliphatic carbocycles. The van der Waals surface area contributed by atoms with Gasteiger partial charge in [-0.15, -0.1) is 0 Å². The van der Waals surface area contributed by atoms with Crippen molar-refractivity contribution in [3.8, 4) is 0 Å². The summed E-state index contributed by atoms with van der Waals surface area (Å²) in [5, 5.41) is 8.83. The molecule has 1 fully saturated rings. The third kappa shape index (κ3) is 1.91. The van der Waals surface area contributed by atoms with E-state index in [0.29, 0.717) is 0 Å². The fraction of sp³-hybridized carbons (Fsp3) is 0.556. The fourth-order valence-electron chi connectivity index (χ4n) is 1.61. The molecule has 1 aromatic rings. The second-order valence-corrected chi connectivity index (χ2v) is 3.82. The predicted molar refractivity (Wildman–Crippen MR) is 53.4 cm³/mol. The number of aliphatic hydroxyl groups is 1. The highest BCUT2D eigenvalue weighted by Gasteiger charge is 2.41. The molecular weight excluding hydrogens is 217 g/mol. The lowest BCUT2D eigenvalue weighted by molar-refractivity contribution is 0.0274. The average Bonchev–Trinajstić information content (AvgIpc) is 2.62. The monoisotopic (exact) mass is 229 g/mol. The minimum Gasteiger partial charge on any atom is -0.393 e. The van der Waals surface area contributed by atoms with Crippen LogP contribution in [0.4, 0.5) is 10.2 Å². The van der Waals surface area contributed by atoms with E-state index in [-0.39, 0.29) is 18.8 Å². The highest BCUT2D eigenvalue weighted by atomic mass is 19.1. The minimum atomic E-state index is -1.79. The van der Waals surface area contributed by atoms with Gasteiger partial charge < -0.3 is 15.6 Å². The van der Waals surface area contributed by atoms with E-state index in [4.69, 9.17) is 15.6 Å². The Morgan fingerprint density at radius 3 is 3.12 bits per heavy atom. The van der Waals surface area contributed by atoms with Crippen molar-refractivity contribution in [3.05, 3.63) is 22.7 Å². The van der Waals surface area contributed by atoms with Crippen LogP contribution in [-0.4, -0.2) is 33.5 Å². The molecule has 0 saturated carbocycles. The first kappa shape index (κ1) is 11.0. The normalized spacial score (nSPS) is 29.5. The summed E-state index contributed by atoms with van der Waals surface area (Å²) in [6, 6.07) is 1.43. The first-order valence-corrected chi connectivity index (χ1v) is 4.80. The van der Waals surface area contributed by atoms with E-state index in [9.17, 15) is 9.18 Å². The van der Waals surface area contributed by atoms with Gasteiger partial charge in [-0.25, -0.2) is 9.18 Å². The van der Waals surface area contributed by atoms with Crippen molar-refractivity contribution in [2.24, 2.45) is 0 Å². The van der Waals surface area contributed by atoms with Crippen molar-refractivity contribution in [3.63, 3.8) is 0 Å². The number of hydrogen-bond donors (Lipinski definition) is 2. The summed E-state index contributed by atoms with van der Waals surface area (Å²) in [7, 11) is 0. The van der Waals surface area contributed by atoms with Gasteiger partial charge in [0.1, 0.15) is 12.0 Å². The Kier molecular flexibility index (Phi) is 2.64. The van der Waals surface area contributed by atoms with Gasteiger partial charge in [-0.3, -0.25) is 4.57 Å². The third-order valence-electron chi connectivity index (χ3n) is 2.52. The maximum atomic E-state index is 13.7. The van der Waals surface area contributed by atoms with E-state index < -0.39 is 24.2 Å². The quantitative estimate of drug-likeness (QED) is 0.709. The Morgan fingerprint density at radius 2 is 2.56 bits per heavy atom. The van der Waals surface area contributed by atoms with Gasteiger partial charge in [0.2, 0.25) is 0 Å². The number of alkyl halides is 1. The van der Waals surface area contributed by atoms with Gasteiger partial charge in [0.05, 0.1) is 13.2 Å². The summed E-state index contributed by atoms with van der Waals surface area (Å²) >= 11 is 0. The summed E-state index contributed by atoms with van der Waals surface area (Å²) in [4.78, 5) is 14.9. The van der Waals surface area contributed by atoms with Crippen LogP contribution in [0, 0.1) is 0 Å². The smallest absolute Gasteiger partial charge is 0.351 e. The number of nitrogens with two attached hydrogens (primary N) is 1. The van der Waals surface area contributed by atoms with Gasteiger partial charge in [-0.2, -0.15) is 4.98 Å². The number of nitrogen functional groups attached to an aromatic ring is 1. The number of aliphatic hydroxyl groups excluding tert-OH is 1. The van der Waals surface area contributed by atoms with Gasteiger partial charge in [-0.1, -0.05) is 0 Å². The van der Waals surface area contributed by atoms with Gasteiger partial charge in [-0.05, 0) is 6.07 Å². The molecule has 7 heteroatoms. The maximum Gasteiger partial charge on any atom is 0.351 e. The molecule has 16 heavy (non-hydrogen) atoms. The molecule has 0 aromatic carbocycles. The molecule has 3 N–H and O–H groups in total. The van der Waals surface area contributed by atoms with Crippen LogP contribution in [0.3, 0.4) is 0 Å². The van der Waals surface area contributed by atoms with E-state index in [1.54, 1.807) is 0 Å². The van der Waals surface area contributed by atoms with E-state index in [1.165, 1.54) is 12.3 Å². The molecular formula is C9H12FN3O3. The Hall–Kier alpha value is -1.47. The van der Waals surface area contributed by atoms with E-state index in [1.807, 2.05) is 0 Å². The highest BCUT2D eigenvalue weighted by Crippen LogP contribution is 2.32. The topological polar surface area (TPSA) is 90.4 Å². The number of hydrogen-bond acceptors (Lipinski definition) is 5. The lowest BCUT2D eigenvalue weighted by atomic mass is 10.1. The molecule has 1 saturated heterocycles. The van der Waals surface area contributed by atoms with Crippen LogP contribution < -0.4 is 11.4 Å². The van der Waals surface area contributed by atoms with E-state index in [2.05, 4.69) is 4.98 Å². The van der Waals surface area contributed by atoms with Crippen LogP contribution in [0.5, 0.6) is 0 Å². The molecule has 1 aromatic heterocycles. The first-order chi connectivity index (χ1) is 7.54. The van der Waals surface area contributed by atoms with Crippen LogP contribution in [0.15, 0.2) is 17.1 Å². The van der Waals surface area contributed by atoms with Gasteiger partial charge in [0, 0.05) is 12.6 Å². The van der Waals surface area contributed by atoms with Crippen LogP contribution in [0.2, 0.25) is 0 Å². The Balaban J connectivity index is 2.24.